The van der Waals surface area contributed by atoms with Crippen LogP contribution in [0.4, 0.5) is 10.1 Å². The Hall–Kier alpha value is -3.83. The summed E-state index contributed by atoms with van der Waals surface area (Å²) in [6, 6.07) is 9.66. The van der Waals surface area contributed by atoms with Gasteiger partial charge in [-0.05, 0) is 48.9 Å². The van der Waals surface area contributed by atoms with Crippen LogP contribution < -0.4 is 15.6 Å². The highest BCUT2D eigenvalue weighted by atomic mass is 35.5. The highest BCUT2D eigenvalue weighted by Crippen LogP contribution is 2.29. The summed E-state index contributed by atoms with van der Waals surface area (Å²) in [6.07, 6.45) is 2.96. The molecule has 2 aromatic heterocycles. The van der Waals surface area contributed by atoms with Crippen molar-refractivity contribution in [2.45, 2.75) is 25.3 Å². The van der Waals surface area contributed by atoms with Crippen LogP contribution in [0.25, 0.3) is 22.0 Å². The first-order valence-electron chi connectivity index (χ1n) is 11.2. The Kier molecular flexibility index (Phi) is 7.28. The zero-order valence-corrected chi connectivity index (χ0v) is 21.7. The molecule has 2 aromatic carbocycles. The molecule has 4 aromatic rings. The molecule has 0 fully saturated rings. The van der Waals surface area contributed by atoms with Crippen molar-refractivity contribution in [2.24, 2.45) is 5.92 Å². The van der Waals surface area contributed by atoms with Crippen molar-refractivity contribution < 1.29 is 17.6 Å². The number of fused-ring (bicyclic) bond motifs is 1. The number of carbonyl (C=O) groups excluding carboxylic acids is 1. The fourth-order valence-corrected chi connectivity index (χ4v) is 5.42. The van der Waals surface area contributed by atoms with Crippen LogP contribution in [0.2, 0.25) is 5.02 Å². The molecule has 9 nitrogen and oxygen atoms in total. The molecule has 0 aliphatic carbocycles. The topological polar surface area (TPSA) is 123 Å². The molecule has 2 N–H and O–H groups in total. The van der Waals surface area contributed by atoms with Gasteiger partial charge in [-0.25, -0.2) is 17.8 Å². The van der Waals surface area contributed by atoms with Crippen molar-refractivity contribution in [3.8, 4) is 11.1 Å². The van der Waals surface area contributed by atoms with E-state index in [0.29, 0.717) is 27.7 Å². The summed E-state index contributed by atoms with van der Waals surface area (Å²) in [4.78, 5) is 33.4. The predicted octanol–water partition coefficient (Wildman–Crippen LogP) is 3.74. The Morgan fingerprint density at radius 1 is 1.14 bits per heavy atom. The molecular formula is C25H23ClFN5O4S. The number of sulfonamides is 1. The van der Waals surface area contributed by atoms with Gasteiger partial charge in [0, 0.05) is 25.4 Å². The number of nitrogens with one attached hydrogen (secondary N) is 2. The summed E-state index contributed by atoms with van der Waals surface area (Å²) >= 11 is 5.95. The predicted molar refractivity (Wildman–Crippen MR) is 139 cm³/mol. The molecule has 4 rings (SSSR count). The van der Waals surface area contributed by atoms with Crippen molar-refractivity contribution in [2.75, 3.05) is 11.8 Å². The number of amides is 1. The maximum absolute atomic E-state index is 13.4. The summed E-state index contributed by atoms with van der Waals surface area (Å²) < 4.78 is 43.1. The fourth-order valence-electron chi connectivity index (χ4n) is 3.78. The van der Waals surface area contributed by atoms with Gasteiger partial charge >= 0.3 is 0 Å². The SMILES string of the molecule is CNC(=O)[C@@H](C)Cn1cnc2ccc(-c3cnc(C)c(NS(=O)(=O)c4ccc(F)cc4Cl)c3)cc2c1=O. The van der Waals surface area contributed by atoms with Gasteiger partial charge in [0.25, 0.3) is 15.6 Å². The maximum Gasteiger partial charge on any atom is 0.263 e. The number of halogens is 2. The molecule has 192 valence electrons. The first-order valence-corrected chi connectivity index (χ1v) is 13.0. The molecule has 0 aliphatic rings. The summed E-state index contributed by atoms with van der Waals surface area (Å²) in [6.45, 7) is 3.51. The minimum Gasteiger partial charge on any atom is -0.359 e. The molecule has 0 unspecified atom stereocenters. The van der Waals surface area contributed by atoms with E-state index in [4.69, 9.17) is 11.6 Å². The Balaban J connectivity index is 1.71. The number of carbonyl (C=O) groups is 1. The number of aromatic nitrogens is 3. The molecule has 0 aliphatic heterocycles. The third kappa shape index (κ3) is 5.47. The van der Waals surface area contributed by atoms with Gasteiger partial charge in [-0.3, -0.25) is 23.9 Å². The van der Waals surface area contributed by atoms with Crippen LogP contribution in [0.3, 0.4) is 0 Å². The molecule has 2 heterocycles. The van der Waals surface area contributed by atoms with E-state index >= 15 is 0 Å². The summed E-state index contributed by atoms with van der Waals surface area (Å²) in [5, 5.41) is 2.65. The van der Waals surface area contributed by atoms with E-state index in [1.165, 1.54) is 17.9 Å². The number of benzene rings is 2. The minimum atomic E-state index is -4.13. The summed E-state index contributed by atoms with van der Waals surface area (Å²) in [5.41, 5.74) is 1.92. The van der Waals surface area contributed by atoms with Crippen molar-refractivity contribution >= 4 is 44.1 Å². The van der Waals surface area contributed by atoms with E-state index in [0.717, 1.165) is 18.2 Å². The van der Waals surface area contributed by atoms with E-state index in [2.05, 4.69) is 20.0 Å². The molecule has 0 saturated carbocycles. The van der Waals surface area contributed by atoms with Crippen molar-refractivity contribution in [1.82, 2.24) is 19.9 Å². The standard InChI is InChI=1S/C25H23ClFN5O4S/c1-14(24(33)28-3)12-32-13-30-21-6-4-16(8-19(21)25(32)34)17-9-22(15(2)29-11-17)31-37(35,36)23-7-5-18(27)10-20(23)26/h4-11,13-14,31H,12H2,1-3H3,(H,28,33)/t14-/m0/s1. The number of hydrogen-bond donors (Lipinski definition) is 2. The monoisotopic (exact) mass is 543 g/mol. The zero-order valence-electron chi connectivity index (χ0n) is 20.1. The third-order valence-corrected chi connectivity index (χ3v) is 7.69. The van der Waals surface area contributed by atoms with E-state index in [1.807, 2.05) is 0 Å². The maximum atomic E-state index is 13.4. The van der Waals surface area contributed by atoms with Crippen LogP contribution >= 0.6 is 11.6 Å². The molecule has 0 radical (unpaired) electrons. The van der Waals surface area contributed by atoms with Crippen LogP contribution in [-0.4, -0.2) is 35.9 Å². The van der Waals surface area contributed by atoms with E-state index in [9.17, 15) is 22.4 Å². The van der Waals surface area contributed by atoms with Gasteiger partial charge in [-0.15, -0.1) is 0 Å². The highest BCUT2D eigenvalue weighted by Gasteiger charge is 2.20. The normalized spacial score (nSPS) is 12.4. The van der Waals surface area contributed by atoms with Gasteiger partial charge in [-0.1, -0.05) is 24.6 Å². The lowest BCUT2D eigenvalue weighted by atomic mass is 10.0. The number of anilines is 1. The summed E-state index contributed by atoms with van der Waals surface area (Å²) in [5.74, 6) is -1.28. The average molecular weight is 544 g/mol. The largest absolute Gasteiger partial charge is 0.359 e. The lowest BCUT2D eigenvalue weighted by Crippen LogP contribution is -2.32. The second-order valence-electron chi connectivity index (χ2n) is 8.49. The second kappa shape index (κ2) is 10.3. The molecule has 37 heavy (non-hydrogen) atoms. The van der Waals surface area contributed by atoms with E-state index in [-0.39, 0.29) is 33.6 Å². The second-order valence-corrected chi connectivity index (χ2v) is 10.5. The minimum absolute atomic E-state index is 0.162. The number of pyridine rings is 1. The van der Waals surface area contributed by atoms with Crippen LogP contribution in [-0.2, 0) is 21.4 Å². The number of nitrogens with zero attached hydrogens (tertiary/aromatic N) is 3. The highest BCUT2D eigenvalue weighted by molar-refractivity contribution is 7.92. The van der Waals surface area contributed by atoms with Gasteiger partial charge in [0.1, 0.15) is 10.7 Å². The van der Waals surface area contributed by atoms with Crippen LogP contribution in [0.5, 0.6) is 0 Å². The van der Waals surface area contributed by atoms with Gasteiger partial charge in [0.15, 0.2) is 0 Å². The Morgan fingerprint density at radius 3 is 2.59 bits per heavy atom. The van der Waals surface area contributed by atoms with Crippen molar-refractivity contribution in [3.63, 3.8) is 0 Å². The van der Waals surface area contributed by atoms with Gasteiger partial charge in [-0.2, -0.15) is 0 Å². The van der Waals surface area contributed by atoms with E-state index in [1.54, 1.807) is 44.3 Å². The molecule has 1 atom stereocenters. The quantitative estimate of drug-likeness (QED) is 0.366. The Bertz CT molecular complexity index is 1690. The lowest BCUT2D eigenvalue weighted by molar-refractivity contribution is -0.124. The van der Waals surface area contributed by atoms with Crippen LogP contribution in [0, 0.1) is 18.7 Å². The molecule has 12 heteroatoms. The van der Waals surface area contributed by atoms with Crippen molar-refractivity contribution in [3.05, 3.63) is 81.9 Å². The molecule has 0 saturated heterocycles. The zero-order chi connectivity index (χ0) is 26.9. The molecule has 1 amide bonds. The Labute approximate surface area is 217 Å². The fraction of sp³-hybridized carbons (Fsp3) is 0.200. The number of rotatable bonds is 7. The van der Waals surface area contributed by atoms with Crippen LogP contribution in [0.15, 0.2) is 64.7 Å². The first kappa shape index (κ1) is 26.2. The smallest absolute Gasteiger partial charge is 0.263 e. The van der Waals surface area contributed by atoms with E-state index < -0.39 is 21.8 Å². The van der Waals surface area contributed by atoms with Crippen LogP contribution in [0.1, 0.15) is 12.6 Å². The first-order chi connectivity index (χ1) is 17.5. The third-order valence-electron chi connectivity index (χ3n) is 5.84. The van der Waals surface area contributed by atoms with Gasteiger partial charge in [0.05, 0.1) is 39.6 Å². The van der Waals surface area contributed by atoms with Gasteiger partial charge < -0.3 is 5.32 Å². The molecule has 0 spiro atoms. The Morgan fingerprint density at radius 2 is 1.89 bits per heavy atom. The van der Waals surface area contributed by atoms with Crippen molar-refractivity contribution in [1.29, 1.82) is 0 Å². The van der Waals surface area contributed by atoms with Gasteiger partial charge in [0.2, 0.25) is 5.91 Å². The lowest BCUT2D eigenvalue weighted by Gasteiger charge is -2.14. The summed E-state index contributed by atoms with van der Waals surface area (Å²) in [7, 11) is -2.60. The average Bonchev–Trinajstić information content (AvgIpc) is 2.86. The number of hydrogen-bond acceptors (Lipinski definition) is 6. The molecule has 0 bridgehead atoms. The number of aryl methyl sites for hydroxylation is 1. The molecular weight excluding hydrogens is 521 g/mol.